The highest BCUT2D eigenvalue weighted by atomic mass is 79.9. The zero-order chi connectivity index (χ0) is 14.8. The van der Waals surface area contributed by atoms with E-state index >= 15 is 0 Å². The van der Waals surface area contributed by atoms with Crippen LogP contribution in [-0.4, -0.2) is 6.61 Å². The van der Waals surface area contributed by atoms with Crippen molar-refractivity contribution in [3.05, 3.63) is 63.4 Å². The predicted molar refractivity (Wildman–Crippen MR) is 83.5 cm³/mol. The lowest BCUT2D eigenvalue weighted by Crippen LogP contribution is -2.29. The third kappa shape index (κ3) is 3.10. The first-order chi connectivity index (χ1) is 10.2. The van der Waals surface area contributed by atoms with Crippen LogP contribution >= 0.6 is 15.9 Å². The molecule has 0 fully saturated rings. The Morgan fingerprint density at radius 3 is 2.90 bits per heavy atom. The van der Waals surface area contributed by atoms with Crippen LogP contribution < -0.4 is 16.0 Å². The van der Waals surface area contributed by atoms with Crippen LogP contribution in [0.3, 0.4) is 0 Å². The first kappa shape index (κ1) is 14.5. The lowest BCUT2D eigenvalue weighted by molar-refractivity contribution is 0.356. The van der Waals surface area contributed by atoms with E-state index < -0.39 is 0 Å². The molecule has 1 unspecified atom stereocenters. The van der Waals surface area contributed by atoms with Crippen molar-refractivity contribution in [3.63, 3.8) is 0 Å². The molecule has 0 amide bonds. The Hall–Kier alpha value is -1.43. The molecule has 3 rings (SSSR count). The molecule has 3 nitrogen and oxygen atoms in total. The van der Waals surface area contributed by atoms with Gasteiger partial charge in [0.15, 0.2) is 0 Å². The lowest BCUT2D eigenvalue weighted by Gasteiger charge is -2.17. The quantitative estimate of drug-likeness (QED) is 0.657. The van der Waals surface area contributed by atoms with Crippen LogP contribution in [0, 0.1) is 5.82 Å². The average Bonchev–Trinajstić information content (AvgIpc) is 2.95. The van der Waals surface area contributed by atoms with Crippen LogP contribution in [0.5, 0.6) is 5.75 Å². The second kappa shape index (κ2) is 6.13. The number of hydrazine groups is 1. The summed E-state index contributed by atoms with van der Waals surface area (Å²) in [5, 5.41) is 0. The van der Waals surface area contributed by atoms with E-state index in [4.69, 9.17) is 10.6 Å². The Morgan fingerprint density at radius 2 is 2.14 bits per heavy atom. The number of hydrogen-bond donors (Lipinski definition) is 2. The van der Waals surface area contributed by atoms with Gasteiger partial charge in [-0.25, -0.2) is 4.39 Å². The van der Waals surface area contributed by atoms with Crippen LogP contribution in [0.2, 0.25) is 0 Å². The topological polar surface area (TPSA) is 47.3 Å². The normalized spacial score (nSPS) is 14.6. The SMILES string of the molecule is NNC(Cc1ccc(F)c(Br)c1)c1ccc2c(c1)CCO2. The third-order valence-corrected chi connectivity index (χ3v) is 4.35. The Balaban J connectivity index is 1.83. The van der Waals surface area contributed by atoms with E-state index in [-0.39, 0.29) is 11.9 Å². The minimum atomic E-state index is -0.259. The second-order valence-electron chi connectivity index (χ2n) is 5.14. The van der Waals surface area contributed by atoms with E-state index in [9.17, 15) is 4.39 Å². The Morgan fingerprint density at radius 1 is 1.29 bits per heavy atom. The number of fused-ring (bicyclic) bond motifs is 1. The molecular formula is C16H16BrFN2O. The molecule has 1 heterocycles. The third-order valence-electron chi connectivity index (χ3n) is 3.74. The zero-order valence-electron chi connectivity index (χ0n) is 11.4. The molecule has 1 atom stereocenters. The maximum Gasteiger partial charge on any atom is 0.137 e. The van der Waals surface area contributed by atoms with Gasteiger partial charge in [-0.15, -0.1) is 0 Å². The molecule has 1 aliphatic rings. The van der Waals surface area contributed by atoms with Gasteiger partial charge in [-0.3, -0.25) is 11.3 Å². The Labute approximate surface area is 131 Å². The number of rotatable bonds is 4. The average molecular weight is 351 g/mol. The minimum absolute atomic E-state index is 0.0201. The van der Waals surface area contributed by atoms with Gasteiger partial charge in [0.05, 0.1) is 11.1 Å². The summed E-state index contributed by atoms with van der Waals surface area (Å²) in [4.78, 5) is 0. The molecule has 110 valence electrons. The summed E-state index contributed by atoms with van der Waals surface area (Å²) < 4.78 is 19.3. The van der Waals surface area contributed by atoms with Gasteiger partial charge in [-0.05, 0) is 57.2 Å². The van der Waals surface area contributed by atoms with Gasteiger partial charge in [-0.1, -0.05) is 18.2 Å². The van der Waals surface area contributed by atoms with E-state index in [0.717, 1.165) is 29.9 Å². The smallest absolute Gasteiger partial charge is 0.137 e. The van der Waals surface area contributed by atoms with E-state index in [1.54, 1.807) is 12.1 Å². The highest BCUT2D eigenvalue weighted by Crippen LogP contribution is 2.29. The summed E-state index contributed by atoms with van der Waals surface area (Å²) in [6.07, 6.45) is 1.62. The second-order valence-corrected chi connectivity index (χ2v) is 5.99. The Bertz CT molecular complexity index is 663. The molecule has 0 saturated heterocycles. The highest BCUT2D eigenvalue weighted by Gasteiger charge is 2.17. The van der Waals surface area contributed by atoms with E-state index in [2.05, 4.69) is 27.4 Å². The van der Waals surface area contributed by atoms with Crippen LogP contribution in [0.4, 0.5) is 4.39 Å². The molecule has 0 saturated carbocycles. The van der Waals surface area contributed by atoms with Crippen LogP contribution in [0.15, 0.2) is 40.9 Å². The molecule has 2 aromatic carbocycles. The molecule has 0 spiro atoms. The van der Waals surface area contributed by atoms with Crippen molar-refractivity contribution in [3.8, 4) is 5.75 Å². The van der Waals surface area contributed by atoms with Crippen molar-refractivity contribution in [2.24, 2.45) is 5.84 Å². The first-order valence-electron chi connectivity index (χ1n) is 6.83. The monoisotopic (exact) mass is 350 g/mol. The van der Waals surface area contributed by atoms with Gasteiger partial charge < -0.3 is 4.74 Å². The van der Waals surface area contributed by atoms with Crippen molar-refractivity contribution in [2.45, 2.75) is 18.9 Å². The molecular weight excluding hydrogens is 335 g/mol. The number of nitrogens with two attached hydrogens (primary N) is 1. The summed E-state index contributed by atoms with van der Waals surface area (Å²) in [6, 6.07) is 11.1. The van der Waals surface area contributed by atoms with Gasteiger partial charge in [0.25, 0.3) is 0 Å². The lowest BCUT2D eigenvalue weighted by atomic mass is 9.97. The van der Waals surface area contributed by atoms with E-state index in [1.807, 2.05) is 12.1 Å². The number of halogens is 2. The van der Waals surface area contributed by atoms with Crippen molar-refractivity contribution < 1.29 is 9.13 Å². The molecule has 21 heavy (non-hydrogen) atoms. The molecule has 1 aliphatic heterocycles. The summed E-state index contributed by atoms with van der Waals surface area (Å²) in [7, 11) is 0. The zero-order valence-corrected chi connectivity index (χ0v) is 13.0. The fourth-order valence-corrected chi connectivity index (χ4v) is 3.02. The van der Waals surface area contributed by atoms with E-state index in [1.165, 1.54) is 11.6 Å². The maximum atomic E-state index is 13.3. The fraction of sp³-hybridized carbons (Fsp3) is 0.250. The van der Waals surface area contributed by atoms with Crippen molar-refractivity contribution >= 4 is 15.9 Å². The molecule has 2 aromatic rings. The van der Waals surface area contributed by atoms with Gasteiger partial charge in [-0.2, -0.15) is 0 Å². The highest BCUT2D eigenvalue weighted by molar-refractivity contribution is 9.10. The summed E-state index contributed by atoms with van der Waals surface area (Å²) in [5.74, 6) is 6.40. The van der Waals surface area contributed by atoms with Crippen LogP contribution in [0.1, 0.15) is 22.7 Å². The molecule has 0 aliphatic carbocycles. The number of benzene rings is 2. The van der Waals surface area contributed by atoms with Crippen LogP contribution in [0.25, 0.3) is 0 Å². The largest absolute Gasteiger partial charge is 0.493 e. The maximum absolute atomic E-state index is 13.3. The van der Waals surface area contributed by atoms with Crippen molar-refractivity contribution in [2.75, 3.05) is 6.61 Å². The number of ether oxygens (including phenoxy) is 1. The van der Waals surface area contributed by atoms with Gasteiger partial charge in [0.2, 0.25) is 0 Å². The summed E-state index contributed by atoms with van der Waals surface area (Å²) in [5.41, 5.74) is 6.19. The van der Waals surface area contributed by atoms with Crippen molar-refractivity contribution in [1.82, 2.24) is 5.43 Å². The van der Waals surface area contributed by atoms with Gasteiger partial charge in [0, 0.05) is 12.5 Å². The molecule has 0 aromatic heterocycles. The molecule has 3 N–H and O–H groups in total. The molecule has 0 bridgehead atoms. The minimum Gasteiger partial charge on any atom is -0.493 e. The number of hydrogen-bond acceptors (Lipinski definition) is 3. The van der Waals surface area contributed by atoms with E-state index in [0.29, 0.717) is 10.9 Å². The molecule has 5 heteroatoms. The Kier molecular flexibility index (Phi) is 4.24. The molecule has 0 radical (unpaired) electrons. The number of nitrogens with one attached hydrogen (secondary N) is 1. The van der Waals surface area contributed by atoms with Crippen LogP contribution in [-0.2, 0) is 12.8 Å². The summed E-state index contributed by atoms with van der Waals surface area (Å²) in [6.45, 7) is 0.740. The fourth-order valence-electron chi connectivity index (χ4n) is 2.60. The van der Waals surface area contributed by atoms with Gasteiger partial charge in [0.1, 0.15) is 11.6 Å². The van der Waals surface area contributed by atoms with Crippen molar-refractivity contribution in [1.29, 1.82) is 0 Å². The predicted octanol–water partition coefficient (Wildman–Crippen LogP) is 3.27. The van der Waals surface area contributed by atoms with Gasteiger partial charge >= 0.3 is 0 Å². The summed E-state index contributed by atoms with van der Waals surface area (Å²) >= 11 is 3.21. The first-order valence-corrected chi connectivity index (χ1v) is 7.62. The standard InChI is InChI=1S/C16H16BrFN2O/c17-13-7-10(1-3-14(13)18)8-15(20-19)11-2-4-16-12(9-11)5-6-21-16/h1-4,7,9,15,20H,5-6,8,19H2.